The number of hydrogen-bond donors (Lipinski definition) is 1. The summed E-state index contributed by atoms with van der Waals surface area (Å²) in [7, 11) is 5.96. The molecule has 1 unspecified atom stereocenters. The molecule has 0 aromatic carbocycles. The maximum absolute atomic E-state index is 5.16. The van der Waals surface area contributed by atoms with Crippen molar-refractivity contribution < 1.29 is 4.74 Å². The molecule has 0 saturated carbocycles. The van der Waals surface area contributed by atoms with Gasteiger partial charge in [-0.3, -0.25) is 4.90 Å². The van der Waals surface area contributed by atoms with E-state index in [0.717, 1.165) is 37.8 Å². The first-order valence-corrected chi connectivity index (χ1v) is 6.61. The highest BCUT2D eigenvalue weighted by atomic mass is 16.5. The summed E-state index contributed by atoms with van der Waals surface area (Å²) in [5, 5.41) is 3.38. The Morgan fingerprint density at radius 3 is 2.89 bits per heavy atom. The molecule has 1 atom stereocenters. The summed E-state index contributed by atoms with van der Waals surface area (Å²) >= 11 is 0. The molecule has 0 spiro atoms. The smallest absolute Gasteiger partial charge is 0.218 e. The lowest BCUT2D eigenvalue weighted by Crippen LogP contribution is -2.52. The highest BCUT2D eigenvalue weighted by Gasteiger charge is 2.21. The van der Waals surface area contributed by atoms with Crippen molar-refractivity contribution in [3.05, 3.63) is 11.9 Å². The molecular weight excluding hydrogens is 242 g/mol. The molecule has 1 aromatic rings. The zero-order chi connectivity index (χ0) is 13.8. The van der Waals surface area contributed by atoms with Crippen molar-refractivity contribution in [3.8, 4) is 5.88 Å². The molecule has 0 radical (unpaired) electrons. The number of ether oxygens (including phenoxy) is 1. The van der Waals surface area contributed by atoms with E-state index < -0.39 is 0 Å². The lowest BCUT2D eigenvalue weighted by atomic mass is 10.2. The lowest BCUT2D eigenvalue weighted by Gasteiger charge is -2.37. The first-order chi connectivity index (χ1) is 9.08. The van der Waals surface area contributed by atoms with Crippen LogP contribution in [0.3, 0.4) is 0 Å². The first kappa shape index (κ1) is 14.0. The summed E-state index contributed by atoms with van der Waals surface area (Å²) in [6, 6.07) is 2.33. The third-order valence-corrected chi connectivity index (χ3v) is 3.52. The predicted molar refractivity (Wildman–Crippen MR) is 75.7 cm³/mol. The van der Waals surface area contributed by atoms with Gasteiger partial charge in [-0.1, -0.05) is 0 Å². The number of rotatable bonds is 4. The van der Waals surface area contributed by atoms with Gasteiger partial charge in [0, 0.05) is 38.3 Å². The molecule has 106 valence electrons. The van der Waals surface area contributed by atoms with Gasteiger partial charge in [0.15, 0.2) is 0 Å². The van der Waals surface area contributed by atoms with Gasteiger partial charge >= 0.3 is 0 Å². The molecule has 2 rings (SSSR count). The standard InChI is InChI=1S/C13H23N5O/c1-10-15-12(7-13(16-10)19-4)14-8-11-9-17(2)5-6-18(11)3/h7,11H,5-6,8-9H2,1-4H3,(H,14,15,16). The largest absolute Gasteiger partial charge is 0.481 e. The van der Waals surface area contributed by atoms with Crippen molar-refractivity contribution in [1.29, 1.82) is 0 Å². The van der Waals surface area contributed by atoms with E-state index in [4.69, 9.17) is 4.74 Å². The average Bonchev–Trinajstić information content (AvgIpc) is 2.39. The molecule has 6 heteroatoms. The number of aryl methyl sites for hydroxylation is 1. The fraction of sp³-hybridized carbons (Fsp3) is 0.692. The highest BCUT2D eigenvalue weighted by molar-refractivity contribution is 5.38. The minimum Gasteiger partial charge on any atom is -0.481 e. The van der Waals surface area contributed by atoms with Crippen LogP contribution < -0.4 is 10.1 Å². The van der Waals surface area contributed by atoms with Gasteiger partial charge in [-0.2, -0.15) is 4.98 Å². The minimum atomic E-state index is 0.500. The molecular formula is C13H23N5O. The molecule has 1 aromatic heterocycles. The molecule has 2 heterocycles. The van der Waals surface area contributed by atoms with E-state index in [2.05, 4.69) is 39.2 Å². The van der Waals surface area contributed by atoms with Crippen molar-refractivity contribution in [2.45, 2.75) is 13.0 Å². The van der Waals surface area contributed by atoms with Crippen LogP contribution in [0.4, 0.5) is 5.82 Å². The molecule has 1 fully saturated rings. The van der Waals surface area contributed by atoms with Gasteiger partial charge in [0.25, 0.3) is 0 Å². The number of hydrogen-bond acceptors (Lipinski definition) is 6. The number of piperazine rings is 1. The van der Waals surface area contributed by atoms with E-state index in [1.165, 1.54) is 0 Å². The van der Waals surface area contributed by atoms with E-state index in [0.29, 0.717) is 11.9 Å². The molecule has 19 heavy (non-hydrogen) atoms. The van der Waals surface area contributed by atoms with Crippen molar-refractivity contribution in [1.82, 2.24) is 19.8 Å². The Morgan fingerprint density at radius 2 is 2.16 bits per heavy atom. The summed E-state index contributed by atoms with van der Waals surface area (Å²) < 4.78 is 5.16. The molecule has 1 aliphatic rings. The Hall–Kier alpha value is -1.40. The van der Waals surface area contributed by atoms with Crippen molar-refractivity contribution >= 4 is 5.82 Å². The van der Waals surface area contributed by atoms with E-state index in [1.807, 2.05) is 13.0 Å². The Morgan fingerprint density at radius 1 is 1.37 bits per heavy atom. The van der Waals surface area contributed by atoms with Crippen LogP contribution in [0.1, 0.15) is 5.82 Å². The van der Waals surface area contributed by atoms with Crippen molar-refractivity contribution in [3.63, 3.8) is 0 Å². The SMILES string of the molecule is COc1cc(NCC2CN(C)CCN2C)nc(C)n1. The van der Waals surface area contributed by atoms with Gasteiger partial charge in [0.1, 0.15) is 11.6 Å². The second-order valence-corrected chi connectivity index (χ2v) is 5.12. The summed E-state index contributed by atoms with van der Waals surface area (Å²) in [6.07, 6.45) is 0. The number of methoxy groups -OCH3 is 1. The van der Waals surface area contributed by atoms with Gasteiger partial charge in [-0.05, 0) is 21.0 Å². The number of likely N-dealkylation sites (N-methyl/N-ethyl adjacent to an activating group) is 2. The second-order valence-electron chi connectivity index (χ2n) is 5.12. The fourth-order valence-electron chi connectivity index (χ4n) is 2.28. The Kier molecular flexibility index (Phi) is 4.55. The molecule has 1 aliphatic heterocycles. The molecule has 0 amide bonds. The molecule has 1 saturated heterocycles. The quantitative estimate of drug-likeness (QED) is 0.853. The van der Waals surface area contributed by atoms with Gasteiger partial charge in [-0.15, -0.1) is 0 Å². The number of nitrogens with one attached hydrogen (secondary N) is 1. The van der Waals surface area contributed by atoms with Crippen LogP contribution in [0.15, 0.2) is 6.07 Å². The van der Waals surface area contributed by atoms with Crippen LogP contribution in [0.5, 0.6) is 5.88 Å². The summed E-state index contributed by atoms with van der Waals surface area (Å²) in [4.78, 5) is 13.3. The molecule has 0 bridgehead atoms. The average molecular weight is 265 g/mol. The van der Waals surface area contributed by atoms with Crippen LogP contribution in [0.25, 0.3) is 0 Å². The van der Waals surface area contributed by atoms with E-state index in [-0.39, 0.29) is 0 Å². The summed E-state index contributed by atoms with van der Waals surface area (Å²) in [6.45, 7) is 6.06. The van der Waals surface area contributed by atoms with E-state index in [9.17, 15) is 0 Å². The minimum absolute atomic E-state index is 0.500. The summed E-state index contributed by atoms with van der Waals surface area (Å²) in [5.41, 5.74) is 0. The van der Waals surface area contributed by atoms with Crippen LogP contribution >= 0.6 is 0 Å². The van der Waals surface area contributed by atoms with Gasteiger partial charge < -0.3 is 15.0 Å². The normalized spacial score (nSPS) is 21.4. The van der Waals surface area contributed by atoms with Crippen LogP contribution in [0.2, 0.25) is 0 Å². The second kappa shape index (κ2) is 6.16. The van der Waals surface area contributed by atoms with Gasteiger partial charge in [-0.25, -0.2) is 4.98 Å². The van der Waals surface area contributed by atoms with Crippen LogP contribution in [-0.2, 0) is 0 Å². The maximum atomic E-state index is 5.16. The predicted octanol–water partition coefficient (Wildman–Crippen LogP) is 0.451. The third kappa shape index (κ3) is 3.78. The number of aromatic nitrogens is 2. The van der Waals surface area contributed by atoms with Gasteiger partial charge in [0.05, 0.1) is 7.11 Å². The fourth-order valence-corrected chi connectivity index (χ4v) is 2.28. The van der Waals surface area contributed by atoms with Crippen LogP contribution in [-0.4, -0.2) is 73.2 Å². The lowest BCUT2D eigenvalue weighted by molar-refractivity contribution is 0.122. The summed E-state index contributed by atoms with van der Waals surface area (Å²) in [5.74, 6) is 2.14. The zero-order valence-corrected chi connectivity index (χ0v) is 12.2. The maximum Gasteiger partial charge on any atom is 0.218 e. The Labute approximate surface area is 114 Å². The number of nitrogens with zero attached hydrogens (tertiary/aromatic N) is 4. The van der Waals surface area contributed by atoms with Gasteiger partial charge in [0.2, 0.25) is 5.88 Å². The molecule has 0 aliphatic carbocycles. The van der Waals surface area contributed by atoms with Crippen molar-refractivity contribution in [2.75, 3.05) is 52.7 Å². The molecule has 6 nitrogen and oxygen atoms in total. The Bertz CT molecular complexity index is 425. The van der Waals surface area contributed by atoms with E-state index in [1.54, 1.807) is 7.11 Å². The molecule has 1 N–H and O–H groups in total. The highest BCUT2D eigenvalue weighted by Crippen LogP contribution is 2.13. The monoisotopic (exact) mass is 265 g/mol. The third-order valence-electron chi connectivity index (χ3n) is 3.52. The zero-order valence-electron chi connectivity index (χ0n) is 12.2. The van der Waals surface area contributed by atoms with Crippen molar-refractivity contribution in [2.24, 2.45) is 0 Å². The first-order valence-electron chi connectivity index (χ1n) is 6.61. The van der Waals surface area contributed by atoms with Crippen LogP contribution in [0, 0.1) is 6.92 Å². The topological polar surface area (TPSA) is 53.5 Å². The Balaban J connectivity index is 1.96. The number of anilines is 1. The van der Waals surface area contributed by atoms with E-state index >= 15 is 0 Å².